The van der Waals surface area contributed by atoms with E-state index in [4.69, 9.17) is 0 Å². The van der Waals surface area contributed by atoms with Crippen LogP contribution in [0.15, 0.2) is 73.2 Å². The van der Waals surface area contributed by atoms with Gasteiger partial charge in [-0.2, -0.15) is 0 Å². The molecule has 0 amide bonds. The van der Waals surface area contributed by atoms with E-state index in [2.05, 4.69) is 51.4 Å². The number of hydrogen-bond acceptors (Lipinski definition) is 3. The Morgan fingerprint density at radius 3 is 1.16 bits per heavy atom. The Hall–Kier alpha value is -2.12. The largest absolute Gasteiger partial charge is 0.261 e. The molecule has 0 radical (unpaired) electrons. The summed E-state index contributed by atoms with van der Waals surface area (Å²) < 4.78 is 0. The molecule has 0 fully saturated rings. The van der Waals surface area contributed by atoms with E-state index in [0.717, 1.165) is 19.3 Å². The van der Waals surface area contributed by atoms with Crippen LogP contribution in [-0.4, -0.2) is 33.4 Å². The van der Waals surface area contributed by atoms with Crippen molar-refractivity contribution in [3.8, 4) is 0 Å². The maximum atomic E-state index is 4.47. The highest BCUT2D eigenvalue weighted by Gasteiger charge is 2.10. The lowest BCUT2D eigenvalue weighted by Crippen LogP contribution is -2.05. The molecule has 3 nitrogen and oxygen atoms in total. The molecule has 3 aromatic heterocycles. The van der Waals surface area contributed by atoms with Gasteiger partial charge in [0, 0.05) is 35.7 Å². The zero-order valence-electron chi connectivity index (χ0n) is 14.5. The summed E-state index contributed by atoms with van der Waals surface area (Å²) in [5.74, 6) is 0. The van der Waals surface area contributed by atoms with E-state index in [1.54, 1.807) is 0 Å². The lowest BCUT2D eigenvalue weighted by atomic mass is 10.3. The van der Waals surface area contributed by atoms with Crippen molar-refractivity contribution in [1.82, 2.24) is 15.0 Å². The van der Waals surface area contributed by atoms with Gasteiger partial charge >= 0.3 is 0 Å². The highest BCUT2D eigenvalue weighted by molar-refractivity contribution is 7.57. The summed E-state index contributed by atoms with van der Waals surface area (Å²) in [6.07, 6.45) is 12.5. The maximum Gasteiger partial charge on any atom is 0.0407 e. The van der Waals surface area contributed by atoms with Crippen molar-refractivity contribution in [2.75, 3.05) is 18.5 Å². The first-order chi connectivity index (χ1) is 12.4. The zero-order chi connectivity index (χ0) is 17.2. The van der Waals surface area contributed by atoms with Gasteiger partial charge < -0.3 is 0 Å². The first kappa shape index (κ1) is 17.7. The number of aromatic nitrogens is 3. The summed E-state index contributed by atoms with van der Waals surface area (Å²) in [4.78, 5) is 13.4. The summed E-state index contributed by atoms with van der Waals surface area (Å²) in [5, 5.41) is 0. The van der Waals surface area contributed by atoms with Crippen molar-refractivity contribution in [2.45, 2.75) is 19.3 Å². The molecule has 3 rings (SSSR count). The summed E-state index contributed by atoms with van der Waals surface area (Å²) in [7, 11) is -0.0517. The van der Waals surface area contributed by atoms with Gasteiger partial charge in [-0.1, -0.05) is 18.2 Å². The number of rotatable bonds is 9. The topological polar surface area (TPSA) is 38.7 Å². The van der Waals surface area contributed by atoms with Crippen LogP contribution in [0.25, 0.3) is 0 Å². The predicted octanol–water partition coefficient (Wildman–Crippen LogP) is 4.38. The number of hydrogen-bond donors (Lipinski definition) is 0. The molecule has 0 atom stereocenters. The minimum atomic E-state index is -0.0517. The first-order valence-corrected chi connectivity index (χ1v) is 10.7. The van der Waals surface area contributed by atoms with Crippen LogP contribution in [0.5, 0.6) is 0 Å². The molecule has 0 aromatic carbocycles. The van der Waals surface area contributed by atoms with Gasteiger partial charge in [0.1, 0.15) is 0 Å². The highest BCUT2D eigenvalue weighted by atomic mass is 31.1. The van der Waals surface area contributed by atoms with Crippen LogP contribution in [-0.2, 0) is 19.3 Å². The third kappa shape index (κ3) is 6.36. The monoisotopic (exact) mass is 349 g/mol. The standard InChI is InChI=1S/C21H24N3P/c1-4-13-22-19(7-1)10-16-25(17-11-20-8-2-5-14-23-20)18-12-21-9-3-6-15-24-21/h1-9,13-15H,10-12,16-18H2. The third-order valence-electron chi connectivity index (χ3n) is 4.23. The van der Waals surface area contributed by atoms with Crippen molar-refractivity contribution in [3.05, 3.63) is 90.3 Å². The molecular formula is C21H24N3P. The van der Waals surface area contributed by atoms with Gasteiger partial charge in [0.15, 0.2) is 0 Å². The molecule has 0 saturated heterocycles. The number of aryl methyl sites for hydroxylation is 3. The lowest BCUT2D eigenvalue weighted by Gasteiger charge is -2.17. The van der Waals surface area contributed by atoms with Gasteiger partial charge in [-0.05, 0) is 74.1 Å². The minimum Gasteiger partial charge on any atom is -0.261 e. The molecule has 128 valence electrons. The second kappa shape index (κ2) is 10.0. The quantitative estimate of drug-likeness (QED) is 0.538. The van der Waals surface area contributed by atoms with Gasteiger partial charge in [0.2, 0.25) is 0 Å². The van der Waals surface area contributed by atoms with E-state index < -0.39 is 0 Å². The first-order valence-electron chi connectivity index (χ1n) is 8.82. The van der Waals surface area contributed by atoms with Crippen molar-refractivity contribution >= 4 is 7.92 Å². The van der Waals surface area contributed by atoms with Crippen LogP contribution in [0.1, 0.15) is 17.1 Å². The normalized spacial score (nSPS) is 10.9. The molecule has 4 heteroatoms. The molecular weight excluding hydrogens is 325 g/mol. The van der Waals surface area contributed by atoms with Gasteiger partial charge in [0.05, 0.1) is 0 Å². The van der Waals surface area contributed by atoms with E-state index in [1.165, 1.54) is 35.6 Å². The van der Waals surface area contributed by atoms with E-state index in [9.17, 15) is 0 Å². The van der Waals surface area contributed by atoms with Crippen LogP contribution in [0.3, 0.4) is 0 Å². The van der Waals surface area contributed by atoms with Crippen LogP contribution in [0.2, 0.25) is 0 Å². The Labute approximate surface area is 151 Å². The Morgan fingerprint density at radius 1 is 0.520 bits per heavy atom. The highest BCUT2D eigenvalue weighted by Crippen LogP contribution is 2.37. The van der Waals surface area contributed by atoms with E-state index in [-0.39, 0.29) is 7.92 Å². The van der Waals surface area contributed by atoms with Crippen molar-refractivity contribution in [2.24, 2.45) is 0 Å². The summed E-state index contributed by atoms with van der Waals surface area (Å²) in [6.45, 7) is 0. The second-order valence-electron chi connectivity index (χ2n) is 6.05. The molecule has 0 spiro atoms. The van der Waals surface area contributed by atoms with Crippen molar-refractivity contribution in [3.63, 3.8) is 0 Å². The van der Waals surface area contributed by atoms with Gasteiger partial charge in [-0.25, -0.2) is 0 Å². The average molecular weight is 349 g/mol. The van der Waals surface area contributed by atoms with Crippen LogP contribution in [0, 0.1) is 0 Å². The Bertz CT molecular complexity index is 616. The number of nitrogens with zero attached hydrogens (tertiary/aromatic N) is 3. The number of pyridine rings is 3. The molecule has 0 saturated carbocycles. The SMILES string of the molecule is c1ccc(CCP(CCc2ccccn2)CCc2ccccn2)nc1. The lowest BCUT2D eigenvalue weighted by molar-refractivity contribution is 0.988. The fourth-order valence-corrected chi connectivity index (χ4v) is 5.10. The van der Waals surface area contributed by atoms with E-state index in [1.807, 2.05) is 36.8 Å². The Balaban J connectivity index is 1.56. The summed E-state index contributed by atoms with van der Waals surface area (Å²) in [5.41, 5.74) is 3.60. The van der Waals surface area contributed by atoms with Gasteiger partial charge in [-0.15, -0.1) is 7.92 Å². The van der Waals surface area contributed by atoms with Crippen LogP contribution in [0.4, 0.5) is 0 Å². The second-order valence-corrected chi connectivity index (χ2v) is 8.74. The van der Waals surface area contributed by atoms with Crippen LogP contribution >= 0.6 is 7.92 Å². The zero-order valence-corrected chi connectivity index (χ0v) is 15.4. The average Bonchev–Trinajstić information content (AvgIpc) is 2.70. The van der Waals surface area contributed by atoms with Crippen LogP contribution < -0.4 is 0 Å². The van der Waals surface area contributed by atoms with Crippen molar-refractivity contribution < 1.29 is 0 Å². The molecule has 0 aliphatic rings. The Morgan fingerprint density at radius 2 is 0.880 bits per heavy atom. The third-order valence-corrected chi connectivity index (χ3v) is 6.80. The molecule has 0 aliphatic carbocycles. The fraction of sp³-hybridized carbons (Fsp3) is 0.286. The molecule has 0 N–H and O–H groups in total. The molecule has 0 bridgehead atoms. The molecule has 3 heterocycles. The molecule has 3 aromatic rings. The summed E-state index contributed by atoms with van der Waals surface area (Å²) in [6, 6.07) is 18.6. The minimum absolute atomic E-state index is 0.0517. The van der Waals surface area contributed by atoms with E-state index in [0.29, 0.717) is 0 Å². The predicted molar refractivity (Wildman–Crippen MR) is 105 cm³/mol. The summed E-state index contributed by atoms with van der Waals surface area (Å²) >= 11 is 0. The maximum absolute atomic E-state index is 4.47. The Kier molecular flexibility index (Phi) is 7.08. The molecule has 0 unspecified atom stereocenters. The van der Waals surface area contributed by atoms with E-state index >= 15 is 0 Å². The smallest absolute Gasteiger partial charge is 0.0407 e. The van der Waals surface area contributed by atoms with Gasteiger partial charge in [-0.3, -0.25) is 15.0 Å². The molecule has 0 aliphatic heterocycles. The molecule has 25 heavy (non-hydrogen) atoms. The van der Waals surface area contributed by atoms with Crippen molar-refractivity contribution in [1.29, 1.82) is 0 Å². The van der Waals surface area contributed by atoms with Gasteiger partial charge in [0.25, 0.3) is 0 Å². The fourth-order valence-electron chi connectivity index (χ4n) is 2.79.